The average Bonchev–Trinajstić information content (AvgIpc) is 2.97. The van der Waals surface area contributed by atoms with Gasteiger partial charge in [-0.15, -0.1) is 0 Å². The van der Waals surface area contributed by atoms with Crippen molar-refractivity contribution in [2.45, 2.75) is 40.2 Å². The maximum absolute atomic E-state index is 13.0. The highest BCUT2D eigenvalue weighted by molar-refractivity contribution is 5.78. The molecule has 6 nitrogen and oxygen atoms in total. The number of halogens is 1. The summed E-state index contributed by atoms with van der Waals surface area (Å²) in [6, 6.07) is 6.04. The van der Waals surface area contributed by atoms with Gasteiger partial charge in [0.25, 0.3) is 0 Å². The highest BCUT2D eigenvalue weighted by atomic mass is 19.1. The Balaban J connectivity index is 1.52. The van der Waals surface area contributed by atoms with Gasteiger partial charge in [-0.2, -0.15) is 5.10 Å². The number of hydrogen-bond donors (Lipinski definition) is 0. The zero-order valence-electron chi connectivity index (χ0n) is 16.2. The number of nitrogens with zero attached hydrogens (tertiary/aromatic N) is 4. The van der Waals surface area contributed by atoms with Crippen LogP contribution in [0.15, 0.2) is 24.3 Å². The van der Waals surface area contributed by atoms with E-state index in [-0.39, 0.29) is 23.6 Å². The summed E-state index contributed by atoms with van der Waals surface area (Å²) in [5, 5.41) is 4.35. The second-order valence-corrected chi connectivity index (χ2v) is 7.35. The van der Waals surface area contributed by atoms with Gasteiger partial charge in [0.05, 0.1) is 19.1 Å². The van der Waals surface area contributed by atoms with E-state index in [1.807, 2.05) is 25.7 Å². The summed E-state index contributed by atoms with van der Waals surface area (Å²) >= 11 is 0. The van der Waals surface area contributed by atoms with Crippen molar-refractivity contribution >= 4 is 5.91 Å². The van der Waals surface area contributed by atoms with E-state index >= 15 is 0 Å². The van der Waals surface area contributed by atoms with Crippen molar-refractivity contribution in [2.75, 3.05) is 19.7 Å². The Morgan fingerprint density at radius 1 is 1.33 bits per heavy atom. The number of piperidine rings is 1. The highest BCUT2D eigenvalue weighted by Gasteiger charge is 2.27. The lowest BCUT2D eigenvalue weighted by molar-refractivity contribution is -0.137. The minimum atomic E-state index is -0.274. The van der Waals surface area contributed by atoms with Gasteiger partial charge in [0.15, 0.2) is 0 Å². The first-order valence-electron chi connectivity index (χ1n) is 9.47. The normalized spacial score (nSPS) is 18.4. The number of amides is 1. The van der Waals surface area contributed by atoms with Crippen LogP contribution in [0, 0.1) is 31.5 Å². The molecule has 3 rings (SSSR count). The fourth-order valence-electron chi connectivity index (χ4n) is 3.53. The first-order valence-corrected chi connectivity index (χ1v) is 9.47. The molecule has 1 saturated heterocycles. The molecule has 1 aliphatic heterocycles. The molecule has 1 aromatic heterocycles. The van der Waals surface area contributed by atoms with E-state index in [2.05, 4.69) is 10.1 Å². The van der Waals surface area contributed by atoms with Gasteiger partial charge in [-0.1, -0.05) is 6.92 Å². The van der Waals surface area contributed by atoms with Gasteiger partial charge in [0, 0.05) is 19.0 Å². The van der Waals surface area contributed by atoms with E-state index < -0.39 is 0 Å². The lowest BCUT2D eigenvalue weighted by Crippen LogP contribution is -2.44. The summed E-state index contributed by atoms with van der Waals surface area (Å²) in [5.41, 5.74) is 0. The summed E-state index contributed by atoms with van der Waals surface area (Å²) in [5.74, 6) is 2.22. The summed E-state index contributed by atoms with van der Waals surface area (Å²) < 4.78 is 20.5. The number of hydrogen-bond acceptors (Lipinski definition) is 4. The number of carbonyl (C=O) groups is 1. The van der Waals surface area contributed by atoms with Crippen molar-refractivity contribution in [1.82, 2.24) is 19.7 Å². The van der Waals surface area contributed by atoms with Crippen molar-refractivity contribution < 1.29 is 13.9 Å². The molecule has 1 fully saturated rings. The predicted molar refractivity (Wildman–Crippen MR) is 99.9 cm³/mol. The van der Waals surface area contributed by atoms with Crippen LogP contribution in [0.3, 0.4) is 0 Å². The van der Waals surface area contributed by atoms with Crippen LogP contribution >= 0.6 is 0 Å². The zero-order valence-corrected chi connectivity index (χ0v) is 16.2. The first-order chi connectivity index (χ1) is 12.9. The van der Waals surface area contributed by atoms with Crippen LogP contribution in [-0.4, -0.2) is 45.3 Å². The van der Waals surface area contributed by atoms with Gasteiger partial charge in [-0.3, -0.25) is 4.79 Å². The summed E-state index contributed by atoms with van der Waals surface area (Å²) in [4.78, 5) is 19.1. The van der Waals surface area contributed by atoms with E-state index in [4.69, 9.17) is 4.74 Å². The number of aromatic nitrogens is 3. The molecule has 0 saturated carbocycles. The van der Waals surface area contributed by atoms with Crippen LogP contribution in [-0.2, 0) is 11.3 Å². The maximum Gasteiger partial charge on any atom is 0.227 e. The van der Waals surface area contributed by atoms with Crippen LogP contribution < -0.4 is 4.74 Å². The number of likely N-dealkylation sites (tertiary alicyclic amines) is 1. The summed E-state index contributed by atoms with van der Waals surface area (Å²) in [6.45, 7) is 8.25. The number of aryl methyl sites for hydroxylation is 2. The van der Waals surface area contributed by atoms with Crippen molar-refractivity contribution in [3.63, 3.8) is 0 Å². The molecule has 0 spiro atoms. The second kappa shape index (κ2) is 8.50. The fourth-order valence-corrected chi connectivity index (χ4v) is 3.53. The van der Waals surface area contributed by atoms with E-state index in [0.29, 0.717) is 25.4 Å². The molecule has 1 aromatic carbocycles. The quantitative estimate of drug-likeness (QED) is 0.780. The minimum Gasteiger partial charge on any atom is -0.493 e. The molecule has 146 valence electrons. The molecule has 0 aliphatic carbocycles. The molecular weight excluding hydrogens is 347 g/mol. The number of rotatable bonds is 6. The highest BCUT2D eigenvalue weighted by Crippen LogP contribution is 2.21. The lowest BCUT2D eigenvalue weighted by atomic mass is 9.97. The number of benzene rings is 1. The molecular formula is C20H27FN4O2. The molecule has 7 heteroatoms. The Kier molecular flexibility index (Phi) is 6.08. The molecule has 2 atom stereocenters. The Morgan fingerprint density at radius 3 is 2.74 bits per heavy atom. The van der Waals surface area contributed by atoms with Crippen molar-refractivity contribution in [1.29, 1.82) is 0 Å². The van der Waals surface area contributed by atoms with E-state index in [1.54, 1.807) is 16.8 Å². The third-order valence-electron chi connectivity index (χ3n) is 4.96. The Hall–Kier alpha value is -2.44. The molecule has 1 amide bonds. The van der Waals surface area contributed by atoms with Gasteiger partial charge in [-0.05, 0) is 51.0 Å². The van der Waals surface area contributed by atoms with Gasteiger partial charge in [-0.25, -0.2) is 14.1 Å². The zero-order chi connectivity index (χ0) is 19.4. The molecule has 0 N–H and O–H groups in total. The van der Waals surface area contributed by atoms with Crippen LogP contribution in [0.4, 0.5) is 4.39 Å². The maximum atomic E-state index is 13.0. The average molecular weight is 374 g/mol. The van der Waals surface area contributed by atoms with Gasteiger partial charge >= 0.3 is 0 Å². The fraction of sp³-hybridized carbons (Fsp3) is 0.550. The van der Waals surface area contributed by atoms with Gasteiger partial charge < -0.3 is 9.64 Å². The molecule has 0 radical (unpaired) electrons. The Bertz CT molecular complexity index is 775. The standard InChI is InChI=1S/C20H27FN4O2/c1-14(11-25-16(3)22-15(2)23-25)20(26)24-10-4-5-17(12-24)13-27-19-8-6-18(21)7-9-19/h6-9,14,17H,4-5,10-13H2,1-3H3. The van der Waals surface area contributed by atoms with Crippen molar-refractivity contribution in [2.24, 2.45) is 11.8 Å². The molecule has 2 aromatic rings. The van der Waals surface area contributed by atoms with Crippen LogP contribution in [0.1, 0.15) is 31.4 Å². The van der Waals surface area contributed by atoms with Crippen LogP contribution in [0.2, 0.25) is 0 Å². The number of ether oxygens (including phenoxy) is 1. The van der Waals surface area contributed by atoms with Crippen LogP contribution in [0.25, 0.3) is 0 Å². The summed E-state index contributed by atoms with van der Waals surface area (Å²) in [7, 11) is 0. The van der Waals surface area contributed by atoms with Crippen molar-refractivity contribution in [3.8, 4) is 5.75 Å². The third kappa shape index (κ3) is 5.05. The Labute approximate surface area is 159 Å². The summed E-state index contributed by atoms with van der Waals surface area (Å²) in [6.07, 6.45) is 2.00. The molecule has 1 aliphatic rings. The topological polar surface area (TPSA) is 60.2 Å². The lowest BCUT2D eigenvalue weighted by Gasteiger charge is -2.34. The smallest absolute Gasteiger partial charge is 0.227 e. The molecule has 2 unspecified atom stereocenters. The molecule has 2 heterocycles. The van der Waals surface area contributed by atoms with Crippen molar-refractivity contribution in [3.05, 3.63) is 41.7 Å². The van der Waals surface area contributed by atoms with E-state index in [0.717, 1.165) is 31.0 Å². The largest absolute Gasteiger partial charge is 0.493 e. The van der Waals surface area contributed by atoms with Crippen LogP contribution in [0.5, 0.6) is 5.75 Å². The number of carbonyl (C=O) groups excluding carboxylic acids is 1. The van der Waals surface area contributed by atoms with E-state index in [9.17, 15) is 9.18 Å². The monoisotopic (exact) mass is 374 g/mol. The van der Waals surface area contributed by atoms with Gasteiger partial charge in [0.2, 0.25) is 5.91 Å². The molecule has 0 bridgehead atoms. The minimum absolute atomic E-state index is 0.147. The van der Waals surface area contributed by atoms with E-state index in [1.165, 1.54) is 12.1 Å². The Morgan fingerprint density at radius 2 is 2.07 bits per heavy atom. The third-order valence-corrected chi connectivity index (χ3v) is 4.96. The molecule has 27 heavy (non-hydrogen) atoms. The second-order valence-electron chi connectivity index (χ2n) is 7.35. The first kappa shape index (κ1) is 19.3. The van der Waals surface area contributed by atoms with Gasteiger partial charge in [0.1, 0.15) is 23.2 Å². The predicted octanol–water partition coefficient (Wildman–Crippen LogP) is 2.99. The SMILES string of the molecule is Cc1nc(C)n(CC(C)C(=O)N2CCCC(COc3ccc(F)cc3)C2)n1.